The van der Waals surface area contributed by atoms with Gasteiger partial charge >= 0.3 is 6.18 Å². The van der Waals surface area contributed by atoms with Crippen LogP contribution in [0.5, 0.6) is 0 Å². The highest BCUT2D eigenvalue weighted by Crippen LogP contribution is 2.32. The summed E-state index contributed by atoms with van der Waals surface area (Å²) < 4.78 is 37.9. The Morgan fingerprint density at radius 1 is 1.50 bits per heavy atom. The van der Waals surface area contributed by atoms with E-state index in [1.807, 2.05) is 0 Å². The van der Waals surface area contributed by atoms with Crippen molar-refractivity contribution in [3.05, 3.63) is 0 Å². The molecule has 1 fully saturated rings. The van der Waals surface area contributed by atoms with Crippen LogP contribution in [0.15, 0.2) is 0 Å². The van der Waals surface area contributed by atoms with Gasteiger partial charge in [0.05, 0.1) is 4.99 Å². The van der Waals surface area contributed by atoms with Crippen LogP contribution in [0.2, 0.25) is 0 Å². The fourth-order valence-electron chi connectivity index (χ4n) is 1.99. The second kappa shape index (κ2) is 4.49. The van der Waals surface area contributed by atoms with Gasteiger partial charge in [-0.25, -0.2) is 0 Å². The quantitative estimate of drug-likeness (QED) is 0.783. The van der Waals surface area contributed by atoms with Crippen LogP contribution in [0.1, 0.15) is 20.3 Å². The van der Waals surface area contributed by atoms with Crippen molar-refractivity contribution in [2.24, 2.45) is 17.1 Å². The summed E-state index contributed by atoms with van der Waals surface area (Å²) in [6.45, 7) is 5.35. The van der Waals surface area contributed by atoms with Crippen molar-refractivity contribution < 1.29 is 13.2 Å². The van der Waals surface area contributed by atoms with E-state index >= 15 is 0 Å². The van der Waals surface area contributed by atoms with Gasteiger partial charge in [0.2, 0.25) is 0 Å². The Morgan fingerprint density at radius 3 is 2.38 bits per heavy atom. The van der Waals surface area contributed by atoms with E-state index in [1.165, 1.54) is 0 Å². The normalized spacial score (nSPS) is 23.3. The summed E-state index contributed by atoms with van der Waals surface area (Å²) in [5.41, 5.74) is 5.24. The molecule has 1 aliphatic rings. The van der Waals surface area contributed by atoms with E-state index in [0.29, 0.717) is 13.1 Å². The Bertz CT molecular complexity index is 276. The number of nitrogens with zero attached hydrogens (tertiary/aromatic N) is 1. The van der Waals surface area contributed by atoms with Gasteiger partial charge in [-0.15, -0.1) is 0 Å². The van der Waals surface area contributed by atoms with E-state index in [2.05, 4.69) is 26.1 Å². The molecule has 0 aromatic heterocycles. The molecule has 1 unspecified atom stereocenters. The maximum absolute atomic E-state index is 12.6. The van der Waals surface area contributed by atoms with E-state index in [4.69, 9.17) is 5.73 Å². The van der Waals surface area contributed by atoms with Gasteiger partial charge in [-0.05, 0) is 18.4 Å². The number of alkyl halides is 3. The molecule has 0 spiro atoms. The standard InChI is InChI=1S/C10H17F3N2S/c1-9(2)3-4-15(6-9)5-7(8(14)16)10(11,12)13/h7H,3-6H2,1-2H3,(H2,14,16). The SMILES string of the molecule is CC1(C)CCN(CC(C(N)=S)C(F)(F)F)C1. The third-order valence-electron chi connectivity index (χ3n) is 2.94. The first kappa shape index (κ1) is 13.7. The lowest BCUT2D eigenvalue weighted by Gasteiger charge is -2.26. The number of likely N-dealkylation sites (tertiary alicyclic amines) is 1. The fraction of sp³-hybridized carbons (Fsp3) is 0.900. The van der Waals surface area contributed by atoms with Crippen molar-refractivity contribution in [3.63, 3.8) is 0 Å². The average Bonchev–Trinajstić information content (AvgIpc) is 2.38. The molecule has 1 aliphatic heterocycles. The van der Waals surface area contributed by atoms with E-state index < -0.39 is 17.1 Å². The highest BCUT2D eigenvalue weighted by atomic mass is 32.1. The zero-order valence-corrected chi connectivity index (χ0v) is 10.3. The second-order valence-corrected chi connectivity index (χ2v) is 5.62. The number of halogens is 3. The van der Waals surface area contributed by atoms with Gasteiger partial charge in [0.15, 0.2) is 0 Å². The molecule has 94 valence electrons. The molecule has 1 heterocycles. The Balaban J connectivity index is 2.61. The summed E-state index contributed by atoms with van der Waals surface area (Å²) in [6.07, 6.45) is -3.42. The smallest absolute Gasteiger partial charge is 0.393 e. The van der Waals surface area contributed by atoms with Crippen molar-refractivity contribution in [3.8, 4) is 0 Å². The third-order valence-corrected chi connectivity index (χ3v) is 3.22. The van der Waals surface area contributed by atoms with Crippen molar-refractivity contribution in [1.82, 2.24) is 4.90 Å². The Labute approximate surface area is 99.0 Å². The summed E-state index contributed by atoms with van der Waals surface area (Å²) >= 11 is 4.49. The molecule has 0 aromatic rings. The lowest BCUT2D eigenvalue weighted by atomic mass is 9.93. The summed E-state index contributed by atoms with van der Waals surface area (Å²) in [6, 6.07) is 0. The van der Waals surface area contributed by atoms with Gasteiger partial charge < -0.3 is 10.6 Å². The molecule has 6 heteroatoms. The maximum Gasteiger partial charge on any atom is 0.399 e. The predicted octanol–water partition coefficient (Wildman–Crippen LogP) is 2.18. The van der Waals surface area contributed by atoms with Gasteiger partial charge in [-0.3, -0.25) is 0 Å². The maximum atomic E-state index is 12.6. The number of hydrogen-bond donors (Lipinski definition) is 1. The summed E-state index contributed by atoms with van der Waals surface area (Å²) in [5.74, 6) is -1.68. The third kappa shape index (κ3) is 3.59. The number of thiocarbonyl (C=S) groups is 1. The minimum Gasteiger partial charge on any atom is -0.393 e. The molecule has 0 aromatic carbocycles. The van der Waals surface area contributed by atoms with Gasteiger partial charge in [0, 0.05) is 13.1 Å². The Morgan fingerprint density at radius 2 is 2.06 bits per heavy atom. The summed E-state index contributed by atoms with van der Waals surface area (Å²) in [5, 5.41) is 0. The summed E-state index contributed by atoms with van der Waals surface area (Å²) in [4.78, 5) is 1.33. The number of rotatable bonds is 3. The molecule has 2 N–H and O–H groups in total. The van der Waals surface area contributed by atoms with Crippen LogP contribution in [-0.4, -0.2) is 35.7 Å². The van der Waals surface area contributed by atoms with Crippen molar-refractivity contribution in [1.29, 1.82) is 0 Å². The lowest BCUT2D eigenvalue weighted by Crippen LogP contribution is -2.43. The Kier molecular flexibility index (Phi) is 3.84. The molecular weight excluding hydrogens is 237 g/mol. The van der Waals surface area contributed by atoms with E-state index in [0.717, 1.165) is 6.42 Å². The van der Waals surface area contributed by atoms with Crippen LogP contribution in [-0.2, 0) is 0 Å². The minimum atomic E-state index is -4.33. The zero-order valence-electron chi connectivity index (χ0n) is 9.47. The van der Waals surface area contributed by atoms with E-state index in [9.17, 15) is 13.2 Å². The first-order chi connectivity index (χ1) is 7.12. The topological polar surface area (TPSA) is 29.3 Å². The van der Waals surface area contributed by atoms with Crippen molar-refractivity contribution in [2.75, 3.05) is 19.6 Å². The average molecular weight is 254 g/mol. The van der Waals surface area contributed by atoms with Crippen molar-refractivity contribution in [2.45, 2.75) is 26.4 Å². The van der Waals surface area contributed by atoms with Gasteiger partial charge in [0.25, 0.3) is 0 Å². The van der Waals surface area contributed by atoms with Crippen LogP contribution in [0.3, 0.4) is 0 Å². The molecule has 0 aliphatic carbocycles. The van der Waals surface area contributed by atoms with Crippen LogP contribution in [0.4, 0.5) is 13.2 Å². The molecule has 0 amide bonds. The van der Waals surface area contributed by atoms with E-state index in [1.54, 1.807) is 4.90 Å². The zero-order chi connectivity index (χ0) is 12.6. The van der Waals surface area contributed by atoms with Gasteiger partial charge in [-0.2, -0.15) is 13.2 Å². The van der Waals surface area contributed by atoms with Gasteiger partial charge in [-0.1, -0.05) is 26.1 Å². The molecule has 2 nitrogen and oxygen atoms in total. The fourth-order valence-corrected chi connectivity index (χ4v) is 2.20. The minimum absolute atomic E-state index is 0.0896. The first-order valence-corrected chi connectivity index (χ1v) is 5.61. The number of nitrogens with two attached hydrogens (primary N) is 1. The first-order valence-electron chi connectivity index (χ1n) is 5.20. The Hall–Kier alpha value is -0.360. The molecule has 1 rings (SSSR count). The molecule has 0 bridgehead atoms. The molecule has 0 saturated carbocycles. The highest BCUT2D eigenvalue weighted by molar-refractivity contribution is 7.80. The van der Waals surface area contributed by atoms with Crippen LogP contribution < -0.4 is 5.73 Å². The van der Waals surface area contributed by atoms with Crippen molar-refractivity contribution >= 4 is 17.2 Å². The van der Waals surface area contributed by atoms with Crippen LogP contribution >= 0.6 is 12.2 Å². The predicted molar refractivity (Wildman–Crippen MR) is 61.2 cm³/mol. The lowest BCUT2D eigenvalue weighted by molar-refractivity contribution is -0.158. The summed E-state index contributed by atoms with van der Waals surface area (Å²) in [7, 11) is 0. The largest absolute Gasteiger partial charge is 0.399 e. The molecule has 0 radical (unpaired) electrons. The van der Waals surface area contributed by atoms with Crippen LogP contribution in [0, 0.1) is 11.3 Å². The van der Waals surface area contributed by atoms with E-state index in [-0.39, 0.29) is 12.0 Å². The molecular formula is C10H17F3N2S. The molecule has 16 heavy (non-hydrogen) atoms. The highest BCUT2D eigenvalue weighted by Gasteiger charge is 2.44. The molecule has 1 saturated heterocycles. The molecule has 1 atom stereocenters. The number of hydrogen-bond acceptors (Lipinski definition) is 2. The monoisotopic (exact) mass is 254 g/mol. The second-order valence-electron chi connectivity index (χ2n) is 5.15. The van der Waals surface area contributed by atoms with Gasteiger partial charge in [0.1, 0.15) is 5.92 Å². The van der Waals surface area contributed by atoms with Crippen LogP contribution in [0.25, 0.3) is 0 Å².